The van der Waals surface area contributed by atoms with Crippen LogP contribution < -0.4 is 15.4 Å². The number of aromatic nitrogens is 3. The summed E-state index contributed by atoms with van der Waals surface area (Å²) in [5.41, 5.74) is 0. The van der Waals surface area contributed by atoms with Crippen molar-refractivity contribution in [3.8, 4) is 6.01 Å². The predicted molar refractivity (Wildman–Crippen MR) is 78.8 cm³/mol. The van der Waals surface area contributed by atoms with Gasteiger partial charge < -0.3 is 24.8 Å². The van der Waals surface area contributed by atoms with Crippen LogP contribution in [-0.2, 0) is 9.47 Å². The molecule has 0 saturated carbocycles. The molecule has 118 valence electrons. The van der Waals surface area contributed by atoms with Gasteiger partial charge in [0.25, 0.3) is 0 Å². The zero-order chi connectivity index (χ0) is 14.9. The third kappa shape index (κ3) is 5.31. The summed E-state index contributed by atoms with van der Waals surface area (Å²) in [7, 11) is 0. The highest BCUT2D eigenvalue weighted by atomic mass is 16.6. The van der Waals surface area contributed by atoms with E-state index in [1.165, 1.54) is 0 Å². The Labute approximate surface area is 124 Å². The van der Waals surface area contributed by atoms with E-state index in [1.807, 2.05) is 6.92 Å². The number of hydrogen-bond acceptors (Lipinski definition) is 8. The summed E-state index contributed by atoms with van der Waals surface area (Å²) in [5, 5.41) is 6.28. The summed E-state index contributed by atoms with van der Waals surface area (Å²) in [6.45, 7) is 7.73. The number of ether oxygens (including phenoxy) is 3. The van der Waals surface area contributed by atoms with Crippen LogP contribution in [-0.4, -0.2) is 60.6 Å². The summed E-state index contributed by atoms with van der Waals surface area (Å²) in [6.07, 6.45) is 1.00. The third-order valence-corrected chi connectivity index (χ3v) is 2.79. The van der Waals surface area contributed by atoms with Gasteiger partial charge in [0, 0.05) is 13.1 Å². The molecule has 1 unspecified atom stereocenters. The van der Waals surface area contributed by atoms with E-state index in [1.54, 1.807) is 0 Å². The minimum Gasteiger partial charge on any atom is -0.464 e. The molecule has 1 saturated heterocycles. The molecule has 2 heterocycles. The monoisotopic (exact) mass is 297 g/mol. The molecule has 0 spiro atoms. The maximum Gasteiger partial charge on any atom is 0.323 e. The van der Waals surface area contributed by atoms with Crippen molar-refractivity contribution in [2.75, 3.05) is 50.2 Å². The molecule has 1 aliphatic rings. The van der Waals surface area contributed by atoms with Crippen LogP contribution in [0.5, 0.6) is 6.01 Å². The molecule has 2 N–H and O–H groups in total. The molecule has 1 aliphatic heterocycles. The number of anilines is 2. The zero-order valence-corrected chi connectivity index (χ0v) is 12.6. The Bertz CT molecular complexity index is 426. The minimum atomic E-state index is 0.0121. The van der Waals surface area contributed by atoms with Crippen molar-refractivity contribution in [2.24, 2.45) is 0 Å². The fourth-order valence-corrected chi connectivity index (χ4v) is 1.80. The number of nitrogens with one attached hydrogen (secondary N) is 2. The number of nitrogens with zero attached hydrogens (tertiary/aromatic N) is 3. The summed E-state index contributed by atoms with van der Waals surface area (Å²) in [4.78, 5) is 12.7. The Morgan fingerprint density at radius 3 is 2.62 bits per heavy atom. The molecule has 21 heavy (non-hydrogen) atoms. The van der Waals surface area contributed by atoms with Crippen molar-refractivity contribution in [3.63, 3.8) is 0 Å². The van der Waals surface area contributed by atoms with Gasteiger partial charge in [-0.05, 0) is 13.3 Å². The smallest absolute Gasteiger partial charge is 0.323 e. The maximum atomic E-state index is 5.57. The highest BCUT2D eigenvalue weighted by molar-refractivity contribution is 5.35. The summed E-state index contributed by atoms with van der Waals surface area (Å²) in [6, 6.07) is 0.314. The molecule has 1 fully saturated rings. The van der Waals surface area contributed by atoms with Gasteiger partial charge in [-0.1, -0.05) is 6.92 Å². The molecule has 0 aliphatic carbocycles. The average molecular weight is 297 g/mol. The van der Waals surface area contributed by atoms with Gasteiger partial charge in [-0.25, -0.2) is 0 Å². The van der Waals surface area contributed by atoms with E-state index in [0.717, 1.165) is 13.0 Å². The lowest BCUT2D eigenvalue weighted by Crippen LogP contribution is -2.34. The van der Waals surface area contributed by atoms with Gasteiger partial charge in [-0.3, -0.25) is 0 Å². The largest absolute Gasteiger partial charge is 0.464 e. The van der Waals surface area contributed by atoms with Crippen LogP contribution in [0.1, 0.15) is 20.3 Å². The van der Waals surface area contributed by atoms with E-state index in [4.69, 9.17) is 14.2 Å². The second kappa shape index (κ2) is 8.58. The summed E-state index contributed by atoms with van der Waals surface area (Å²) < 4.78 is 16.3. The van der Waals surface area contributed by atoms with E-state index in [2.05, 4.69) is 32.5 Å². The Kier molecular flexibility index (Phi) is 6.42. The molecule has 0 aromatic carbocycles. The van der Waals surface area contributed by atoms with Gasteiger partial charge in [-0.15, -0.1) is 0 Å². The molecular formula is C13H23N5O3. The van der Waals surface area contributed by atoms with Gasteiger partial charge in [0.2, 0.25) is 11.9 Å². The van der Waals surface area contributed by atoms with Crippen molar-refractivity contribution < 1.29 is 14.2 Å². The first-order valence-corrected chi connectivity index (χ1v) is 7.37. The van der Waals surface area contributed by atoms with Crippen molar-refractivity contribution in [2.45, 2.75) is 26.4 Å². The van der Waals surface area contributed by atoms with E-state index in [9.17, 15) is 0 Å². The van der Waals surface area contributed by atoms with Crippen molar-refractivity contribution >= 4 is 11.9 Å². The van der Waals surface area contributed by atoms with Gasteiger partial charge in [-0.2, -0.15) is 15.0 Å². The quantitative estimate of drug-likeness (QED) is 0.732. The standard InChI is InChI=1S/C13H23N5O3/c1-3-5-14-11-16-12(18-13(17-11)20-4-2)15-8-10-9-19-6-7-21-10/h10H,3-9H2,1-2H3,(H2,14,15,16,17,18). The normalized spacial score (nSPS) is 18.3. The van der Waals surface area contributed by atoms with E-state index in [0.29, 0.717) is 50.9 Å². The van der Waals surface area contributed by atoms with Crippen LogP contribution in [0.3, 0.4) is 0 Å². The fraction of sp³-hybridized carbons (Fsp3) is 0.769. The molecule has 1 atom stereocenters. The molecule has 0 amide bonds. The van der Waals surface area contributed by atoms with Crippen molar-refractivity contribution in [1.29, 1.82) is 0 Å². The molecule has 1 aromatic heterocycles. The number of rotatable bonds is 8. The molecule has 2 rings (SSSR count). The Hall–Kier alpha value is -1.67. The van der Waals surface area contributed by atoms with Gasteiger partial charge in [0.1, 0.15) is 0 Å². The van der Waals surface area contributed by atoms with Crippen LogP contribution in [0.15, 0.2) is 0 Å². The highest BCUT2D eigenvalue weighted by Crippen LogP contribution is 2.12. The lowest BCUT2D eigenvalue weighted by atomic mass is 10.3. The van der Waals surface area contributed by atoms with Crippen LogP contribution >= 0.6 is 0 Å². The predicted octanol–water partition coefficient (Wildman–Crippen LogP) is 0.919. The number of hydrogen-bond donors (Lipinski definition) is 2. The van der Waals surface area contributed by atoms with Crippen molar-refractivity contribution in [3.05, 3.63) is 0 Å². The summed E-state index contributed by atoms with van der Waals surface area (Å²) in [5.74, 6) is 0.986. The molecule has 8 nitrogen and oxygen atoms in total. The SMILES string of the molecule is CCCNc1nc(NCC2COCCO2)nc(OCC)n1. The molecule has 0 bridgehead atoms. The van der Waals surface area contributed by atoms with Gasteiger partial charge in [0.05, 0.1) is 32.5 Å². The second-order valence-corrected chi connectivity index (χ2v) is 4.57. The maximum absolute atomic E-state index is 5.57. The second-order valence-electron chi connectivity index (χ2n) is 4.57. The van der Waals surface area contributed by atoms with E-state index >= 15 is 0 Å². The van der Waals surface area contributed by atoms with Crippen LogP contribution in [0.25, 0.3) is 0 Å². The van der Waals surface area contributed by atoms with Crippen LogP contribution in [0, 0.1) is 0 Å². The lowest BCUT2D eigenvalue weighted by molar-refractivity contribution is -0.0819. The van der Waals surface area contributed by atoms with Crippen LogP contribution in [0.2, 0.25) is 0 Å². The average Bonchev–Trinajstić information content (AvgIpc) is 2.52. The van der Waals surface area contributed by atoms with Crippen LogP contribution in [0.4, 0.5) is 11.9 Å². The Morgan fingerprint density at radius 2 is 1.95 bits per heavy atom. The Balaban J connectivity index is 1.96. The molecule has 0 radical (unpaired) electrons. The minimum absolute atomic E-state index is 0.0121. The fourth-order valence-electron chi connectivity index (χ4n) is 1.80. The molecular weight excluding hydrogens is 274 g/mol. The van der Waals surface area contributed by atoms with Gasteiger partial charge >= 0.3 is 6.01 Å². The third-order valence-electron chi connectivity index (χ3n) is 2.79. The lowest BCUT2D eigenvalue weighted by Gasteiger charge is -2.23. The topological polar surface area (TPSA) is 90.4 Å². The van der Waals surface area contributed by atoms with Crippen molar-refractivity contribution in [1.82, 2.24) is 15.0 Å². The molecule has 1 aromatic rings. The van der Waals surface area contributed by atoms with E-state index < -0.39 is 0 Å². The van der Waals surface area contributed by atoms with E-state index in [-0.39, 0.29) is 6.10 Å². The first kappa shape index (κ1) is 15.7. The first-order valence-electron chi connectivity index (χ1n) is 7.37. The summed E-state index contributed by atoms with van der Waals surface area (Å²) >= 11 is 0. The zero-order valence-electron chi connectivity index (χ0n) is 12.6. The Morgan fingerprint density at radius 1 is 1.14 bits per heavy atom. The molecule has 8 heteroatoms. The van der Waals surface area contributed by atoms with Gasteiger partial charge in [0.15, 0.2) is 0 Å². The highest BCUT2D eigenvalue weighted by Gasteiger charge is 2.15. The first-order chi connectivity index (χ1) is 10.3.